The van der Waals surface area contributed by atoms with Gasteiger partial charge in [-0.1, -0.05) is 23.9 Å². The second-order valence-electron chi connectivity index (χ2n) is 6.66. The Hall–Kier alpha value is -2.28. The molecule has 0 aliphatic carbocycles. The maximum Gasteiger partial charge on any atom is 0.254 e. The van der Waals surface area contributed by atoms with E-state index in [1.807, 2.05) is 42.3 Å². The number of carbonyl (C=O) groups excluding carboxylic acids is 1. The van der Waals surface area contributed by atoms with E-state index in [1.165, 1.54) is 11.8 Å². The lowest BCUT2D eigenvalue weighted by Crippen LogP contribution is -2.31. The van der Waals surface area contributed by atoms with Gasteiger partial charge in [-0.15, -0.1) is 0 Å². The van der Waals surface area contributed by atoms with Gasteiger partial charge in [0.15, 0.2) is 5.16 Å². The smallest absolute Gasteiger partial charge is 0.254 e. The van der Waals surface area contributed by atoms with Gasteiger partial charge in [0.25, 0.3) is 5.56 Å². The molecule has 1 aliphatic heterocycles. The van der Waals surface area contributed by atoms with Gasteiger partial charge < -0.3 is 14.6 Å². The summed E-state index contributed by atoms with van der Waals surface area (Å²) >= 11 is 1.40. The number of thioether (sulfide) groups is 1. The number of H-pyrrole nitrogens is 1. The van der Waals surface area contributed by atoms with E-state index in [1.54, 1.807) is 7.11 Å². The van der Waals surface area contributed by atoms with Crippen molar-refractivity contribution in [3.8, 4) is 5.75 Å². The van der Waals surface area contributed by atoms with Crippen LogP contribution in [0.1, 0.15) is 42.1 Å². The van der Waals surface area contributed by atoms with Gasteiger partial charge in [0.2, 0.25) is 5.91 Å². The van der Waals surface area contributed by atoms with Crippen LogP contribution < -0.4 is 10.3 Å². The average Bonchev–Trinajstić information content (AvgIpc) is 3.17. The molecule has 2 heterocycles. The van der Waals surface area contributed by atoms with Gasteiger partial charge in [-0.25, -0.2) is 4.98 Å². The number of amides is 1. The predicted octanol–water partition coefficient (Wildman–Crippen LogP) is 3.11. The summed E-state index contributed by atoms with van der Waals surface area (Å²) < 4.78 is 5.31. The summed E-state index contributed by atoms with van der Waals surface area (Å²) in [5, 5.41) is 0.602. The predicted molar refractivity (Wildman–Crippen MR) is 106 cm³/mol. The molecule has 1 aliphatic rings. The summed E-state index contributed by atoms with van der Waals surface area (Å²) in [6, 6.07) is 7.97. The minimum atomic E-state index is -0.148. The molecule has 2 aromatic rings. The van der Waals surface area contributed by atoms with Crippen molar-refractivity contribution in [2.45, 2.75) is 43.8 Å². The molecule has 1 amide bonds. The second-order valence-corrected chi connectivity index (χ2v) is 7.46. The summed E-state index contributed by atoms with van der Waals surface area (Å²) in [4.78, 5) is 34.2. The van der Waals surface area contributed by atoms with E-state index in [0.717, 1.165) is 30.7 Å². The van der Waals surface area contributed by atoms with Gasteiger partial charge in [-0.2, -0.15) is 0 Å². The fourth-order valence-corrected chi connectivity index (χ4v) is 4.03. The molecular weight excluding hydrogens is 362 g/mol. The van der Waals surface area contributed by atoms with Crippen LogP contribution >= 0.6 is 11.8 Å². The third kappa shape index (κ3) is 4.35. The molecule has 1 aromatic heterocycles. The van der Waals surface area contributed by atoms with Gasteiger partial charge in [0.1, 0.15) is 5.75 Å². The number of likely N-dealkylation sites (tertiary alicyclic amines) is 1. The number of nitrogens with zero attached hydrogens (tertiary/aromatic N) is 2. The summed E-state index contributed by atoms with van der Waals surface area (Å²) in [5.41, 5.74) is 2.24. The Labute approximate surface area is 163 Å². The van der Waals surface area contributed by atoms with E-state index in [-0.39, 0.29) is 17.5 Å². The molecule has 27 heavy (non-hydrogen) atoms. The van der Waals surface area contributed by atoms with Crippen molar-refractivity contribution >= 4 is 17.7 Å². The van der Waals surface area contributed by atoms with Gasteiger partial charge in [-0.3, -0.25) is 9.59 Å². The zero-order valence-corrected chi connectivity index (χ0v) is 16.8. The van der Waals surface area contributed by atoms with Crippen LogP contribution in [0.25, 0.3) is 0 Å². The monoisotopic (exact) mass is 387 g/mol. The molecule has 1 N–H and O–H groups in total. The van der Waals surface area contributed by atoms with E-state index >= 15 is 0 Å². The molecular formula is C20H25N3O3S. The molecule has 0 saturated carbocycles. The Morgan fingerprint density at radius 2 is 2.26 bits per heavy atom. The molecule has 144 valence electrons. The fourth-order valence-electron chi connectivity index (χ4n) is 3.61. The average molecular weight is 388 g/mol. The lowest BCUT2D eigenvalue weighted by Gasteiger charge is -2.25. The summed E-state index contributed by atoms with van der Waals surface area (Å²) in [7, 11) is 1.65. The maximum atomic E-state index is 12.9. The summed E-state index contributed by atoms with van der Waals surface area (Å²) in [6.45, 7) is 2.57. The minimum absolute atomic E-state index is 0.0731. The summed E-state index contributed by atoms with van der Waals surface area (Å²) in [6.07, 6.45) is 4.51. The van der Waals surface area contributed by atoms with E-state index in [4.69, 9.17) is 4.74 Å². The molecule has 1 aromatic carbocycles. The normalized spacial score (nSPS) is 16.6. The quantitative estimate of drug-likeness (QED) is 0.609. The fraction of sp³-hybridized carbons (Fsp3) is 0.450. The van der Waals surface area contributed by atoms with Gasteiger partial charge in [0, 0.05) is 24.2 Å². The number of aromatic nitrogens is 2. The van der Waals surface area contributed by atoms with Crippen LogP contribution in [0.15, 0.2) is 34.2 Å². The van der Waals surface area contributed by atoms with Gasteiger partial charge in [0.05, 0.1) is 13.2 Å². The Morgan fingerprint density at radius 3 is 2.96 bits per heavy atom. The van der Waals surface area contributed by atoms with Crippen molar-refractivity contribution in [2.75, 3.05) is 19.9 Å². The second kappa shape index (κ2) is 8.61. The topological polar surface area (TPSA) is 75.3 Å². The number of ether oxygens (including phenoxy) is 1. The van der Waals surface area contributed by atoms with Gasteiger partial charge in [-0.05, 0) is 50.1 Å². The molecule has 1 fully saturated rings. The van der Waals surface area contributed by atoms with Crippen LogP contribution in [0.2, 0.25) is 0 Å². The highest BCUT2D eigenvalue weighted by Crippen LogP contribution is 2.34. The first-order chi connectivity index (χ1) is 13.0. The number of benzene rings is 1. The van der Waals surface area contributed by atoms with Crippen LogP contribution in [0, 0.1) is 6.92 Å². The molecule has 0 spiro atoms. The lowest BCUT2D eigenvalue weighted by atomic mass is 10.0. The van der Waals surface area contributed by atoms with E-state index in [2.05, 4.69) is 9.97 Å². The zero-order chi connectivity index (χ0) is 19.4. The maximum absolute atomic E-state index is 12.9. The number of methoxy groups -OCH3 is 1. The lowest BCUT2D eigenvalue weighted by molar-refractivity contribution is -0.132. The van der Waals surface area contributed by atoms with Crippen molar-refractivity contribution in [3.63, 3.8) is 0 Å². The van der Waals surface area contributed by atoms with Crippen LogP contribution in [0.3, 0.4) is 0 Å². The van der Waals surface area contributed by atoms with Crippen LogP contribution in [0.4, 0.5) is 0 Å². The summed E-state index contributed by atoms with van der Waals surface area (Å²) in [5.74, 6) is 0.877. The molecule has 0 bridgehead atoms. The number of aromatic amines is 1. The van der Waals surface area contributed by atoms with E-state index in [0.29, 0.717) is 29.3 Å². The Bertz CT molecular complexity index is 881. The van der Waals surface area contributed by atoms with Gasteiger partial charge >= 0.3 is 0 Å². The molecule has 1 saturated heterocycles. The molecule has 1 unspecified atom stereocenters. The minimum Gasteiger partial charge on any atom is -0.497 e. The Kier molecular flexibility index (Phi) is 6.21. The van der Waals surface area contributed by atoms with Crippen LogP contribution in [-0.2, 0) is 11.2 Å². The Balaban J connectivity index is 1.71. The van der Waals surface area contributed by atoms with Crippen molar-refractivity contribution in [3.05, 3.63) is 51.4 Å². The Morgan fingerprint density at radius 1 is 1.44 bits per heavy atom. The number of hydrogen-bond donors (Lipinski definition) is 1. The standard InChI is InChI=1S/C20H25N3O3S/c1-13-16(19(25)22-20(21-13)27-3)9-10-18(24)23-11-5-8-17(23)14-6-4-7-15(12-14)26-2/h4,6-7,12,17H,5,8-11H2,1-3H3,(H,21,22,25). The first-order valence-electron chi connectivity index (χ1n) is 9.10. The first kappa shape index (κ1) is 19.5. The first-order valence-corrected chi connectivity index (χ1v) is 10.3. The van der Waals surface area contributed by atoms with E-state index < -0.39 is 0 Å². The molecule has 6 nitrogen and oxygen atoms in total. The number of hydrogen-bond acceptors (Lipinski definition) is 5. The zero-order valence-electron chi connectivity index (χ0n) is 15.9. The SMILES string of the molecule is COc1cccc(C2CCCN2C(=O)CCc2c(C)nc(SC)[nH]c2=O)c1. The van der Waals surface area contributed by atoms with Crippen molar-refractivity contribution in [1.29, 1.82) is 0 Å². The molecule has 1 atom stereocenters. The van der Waals surface area contributed by atoms with E-state index in [9.17, 15) is 9.59 Å². The van der Waals surface area contributed by atoms with Crippen LogP contribution in [-0.4, -0.2) is 40.7 Å². The third-order valence-corrected chi connectivity index (χ3v) is 5.61. The van der Waals surface area contributed by atoms with Crippen LogP contribution in [0.5, 0.6) is 5.75 Å². The highest BCUT2D eigenvalue weighted by molar-refractivity contribution is 7.98. The molecule has 3 rings (SSSR count). The number of rotatable bonds is 6. The highest BCUT2D eigenvalue weighted by atomic mass is 32.2. The van der Waals surface area contributed by atoms with Crippen molar-refractivity contribution < 1.29 is 9.53 Å². The largest absolute Gasteiger partial charge is 0.497 e. The number of nitrogens with one attached hydrogen (secondary N) is 1. The third-order valence-electron chi connectivity index (χ3n) is 5.03. The number of carbonyl (C=O) groups is 1. The molecule has 0 radical (unpaired) electrons. The molecule has 7 heteroatoms. The van der Waals surface area contributed by atoms with Crippen molar-refractivity contribution in [1.82, 2.24) is 14.9 Å². The number of aryl methyl sites for hydroxylation is 1. The highest BCUT2D eigenvalue weighted by Gasteiger charge is 2.30. The van der Waals surface area contributed by atoms with Crippen molar-refractivity contribution in [2.24, 2.45) is 0 Å².